The maximum Gasteiger partial charge on any atom is 0.263 e. The highest BCUT2D eigenvalue weighted by Crippen LogP contribution is 2.38. The second-order valence-electron chi connectivity index (χ2n) is 4.12. The van der Waals surface area contributed by atoms with Gasteiger partial charge in [0.2, 0.25) is 0 Å². The van der Waals surface area contributed by atoms with E-state index in [1.165, 1.54) is 17.5 Å². The lowest BCUT2D eigenvalue weighted by atomic mass is 10.2. The van der Waals surface area contributed by atoms with Crippen molar-refractivity contribution in [3.63, 3.8) is 0 Å². The van der Waals surface area contributed by atoms with Gasteiger partial charge in [-0.1, -0.05) is 27.2 Å². The van der Waals surface area contributed by atoms with Crippen LogP contribution >= 0.6 is 27.3 Å². The first-order valence-electron chi connectivity index (χ1n) is 5.81. The van der Waals surface area contributed by atoms with Crippen LogP contribution < -0.4 is 11.1 Å². The molecule has 0 atom stereocenters. The van der Waals surface area contributed by atoms with Gasteiger partial charge in [-0.05, 0) is 12.1 Å². The zero-order valence-corrected chi connectivity index (χ0v) is 12.6. The number of hydrogen-bond acceptors (Lipinski definition) is 5. The molecule has 2 aromatic heterocycles. The highest BCUT2D eigenvalue weighted by atomic mass is 79.9. The van der Waals surface area contributed by atoms with E-state index in [-0.39, 0.29) is 12.5 Å². The number of benzene rings is 1. The van der Waals surface area contributed by atoms with Gasteiger partial charge in [0.25, 0.3) is 5.91 Å². The Kier molecular flexibility index (Phi) is 3.45. The highest BCUT2D eigenvalue weighted by Gasteiger charge is 2.17. The SMILES string of the molecule is Nc1c(C(=O)NCc2ccno2)sc2cccc(Br)c12. The molecule has 1 aromatic carbocycles. The molecule has 0 fully saturated rings. The smallest absolute Gasteiger partial charge is 0.263 e. The molecule has 2 heterocycles. The molecule has 0 unspecified atom stereocenters. The average molecular weight is 352 g/mol. The zero-order chi connectivity index (χ0) is 14.1. The topological polar surface area (TPSA) is 81.2 Å². The molecule has 3 aromatic rings. The largest absolute Gasteiger partial charge is 0.397 e. The van der Waals surface area contributed by atoms with Crippen LogP contribution in [0.25, 0.3) is 10.1 Å². The summed E-state index contributed by atoms with van der Waals surface area (Å²) in [6.45, 7) is 0.285. The summed E-state index contributed by atoms with van der Waals surface area (Å²) in [4.78, 5) is 12.7. The van der Waals surface area contributed by atoms with Crippen LogP contribution in [0.4, 0.5) is 5.69 Å². The fraction of sp³-hybridized carbons (Fsp3) is 0.0769. The van der Waals surface area contributed by atoms with Gasteiger partial charge in [0.05, 0.1) is 18.4 Å². The van der Waals surface area contributed by atoms with Gasteiger partial charge in [-0.15, -0.1) is 11.3 Å². The number of thiophene rings is 1. The number of halogens is 1. The summed E-state index contributed by atoms with van der Waals surface area (Å²) in [5.74, 6) is 0.381. The fourth-order valence-corrected chi connectivity index (χ4v) is 3.66. The molecule has 0 bridgehead atoms. The summed E-state index contributed by atoms with van der Waals surface area (Å²) in [6.07, 6.45) is 1.53. The number of nitrogens with zero attached hydrogens (tertiary/aromatic N) is 1. The van der Waals surface area contributed by atoms with E-state index in [0.717, 1.165) is 14.6 Å². The second kappa shape index (κ2) is 5.26. The Balaban J connectivity index is 1.88. The third-order valence-electron chi connectivity index (χ3n) is 2.82. The van der Waals surface area contributed by atoms with Gasteiger partial charge in [-0.3, -0.25) is 4.79 Å². The van der Waals surface area contributed by atoms with E-state index in [1.54, 1.807) is 6.07 Å². The highest BCUT2D eigenvalue weighted by molar-refractivity contribution is 9.10. The van der Waals surface area contributed by atoms with Crippen LogP contribution in [-0.4, -0.2) is 11.1 Å². The molecule has 0 aliphatic carbocycles. The number of hydrogen-bond donors (Lipinski definition) is 2. The van der Waals surface area contributed by atoms with Gasteiger partial charge in [0.15, 0.2) is 5.76 Å². The number of aromatic nitrogens is 1. The lowest BCUT2D eigenvalue weighted by molar-refractivity contribution is 0.0952. The fourth-order valence-electron chi connectivity index (χ4n) is 1.88. The van der Waals surface area contributed by atoms with Gasteiger partial charge in [0, 0.05) is 20.6 Å². The van der Waals surface area contributed by atoms with Crippen molar-refractivity contribution in [3.8, 4) is 0 Å². The van der Waals surface area contributed by atoms with Gasteiger partial charge >= 0.3 is 0 Å². The number of carbonyl (C=O) groups excluding carboxylic acids is 1. The minimum atomic E-state index is -0.216. The van der Waals surface area contributed by atoms with Crippen LogP contribution in [-0.2, 0) is 6.54 Å². The summed E-state index contributed by atoms with van der Waals surface area (Å²) in [6, 6.07) is 7.46. The van der Waals surface area contributed by atoms with Crippen molar-refractivity contribution in [1.29, 1.82) is 0 Å². The lowest BCUT2D eigenvalue weighted by Crippen LogP contribution is -2.22. The Bertz CT molecular complexity index is 767. The second-order valence-corrected chi connectivity index (χ2v) is 6.03. The standard InChI is InChI=1S/C13H10BrN3O2S/c14-8-2-1-3-9-10(8)11(15)12(20-9)13(18)16-6-7-4-5-17-19-7/h1-5H,6,15H2,(H,16,18). The predicted molar refractivity (Wildman–Crippen MR) is 81.6 cm³/mol. The lowest BCUT2D eigenvalue weighted by Gasteiger charge is -2.01. The van der Waals surface area contributed by atoms with Crippen molar-refractivity contribution >= 4 is 48.9 Å². The van der Waals surface area contributed by atoms with Crippen LogP contribution in [0.3, 0.4) is 0 Å². The maximum absolute atomic E-state index is 12.2. The van der Waals surface area contributed by atoms with Crippen LogP contribution in [0.2, 0.25) is 0 Å². The predicted octanol–water partition coefficient (Wildman–Crippen LogP) is 3.16. The molecule has 0 radical (unpaired) electrons. The first-order chi connectivity index (χ1) is 9.66. The van der Waals surface area contributed by atoms with E-state index in [9.17, 15) is 4.79 Å². The summed E-state index contributed by atoms with van der Waals surface area (Å²) in [7, 11) is 0. The molecule has 0 saturated heterocycles. The van der Waals surface area contributed by atoms with E-state index in [1.807, 2.05) is 18.2 Å². The number of rotatable bonds is 3. The number of nitrogens with one attached hydrogen (secondary N) is 1. The Labute approximate surface area is 126 Å². The summed E-state index contributed by atoms with van der Waals surface area (Å²) >= 11 is 4.82. The maximum atomic E-state index is 12.2. The van der Waals surface area contributed by atoms with Crippen molar-refractivity contribution in [2.45, 2.75) is 6.54 Å². The minimum absolute atomic E-state index is 0.216. The molecule has 0 saturated carbocycles. The van der Waals surface area contributed by atoms with Crippen molar-refractivity contribution in [1.82, 2.24) is 10.5 Å². The number of nitrogens with two attached hydrogens (primary N) is 1. The van der Waals surface area contributed by atoms with Crippen LogP contribution in [0, 0.1) is 0 Å². The van der Waals surface area contributed by atoms with Crippen molar-refractivity contribution in [2.75, 3.05) is 5.73 Å². The van der Waals surface area contributed by atoms with Crippen molar-refractivity contribution in [3.05, 3.63) is 45.6 Å². The molecule has 20 heavy (non-hydrogen) atoms. The van der Waals surface area contributed by atoms with Gasteiger partial charge in [-0.2, -0.15) is 0 Å². The Morgan fingerprint density at radius 1 is 1.45 bits per heavy atom. The number of carbonyl (C=O) groups is 1. The molecule has 102 valence electrons. The number of fused-ring (bicyclic) bond motifs is 1. The Hall–Kier alpha value is -1.86. The molecule has 5 nitrogen and oxygen atoms in total. The number of amides is 1. The quantitative estimate of drug-likeness (QED) is 0.759. The Morgan fingerprint density at radius 3 is 3.00 bits per heavy atom. The Morgan fingerprint density at radius 2 is 2.30 bits per heavy atom. The molecule has 1 amide bonds. The van der Waals surface area contributed by atoms with E-state index >= 15 is 0 Å². The van der Waals surface area contributed by atoms with E-state index < -0.39 is 0 Å². The van der Waals surface area contributed by atoms with Gasteiger partial charge in [0.1, 0.15) is 4.88 Å². The molecule has 7 heteroatoms. The van der Waals surface area contributed by atoms with Crippen LogP contribution in [0.5, 0.6) is 0 Å². The average Bonchev–Trinajstić information content (AvgIpc) is 3.05. The molecule has 0 aliphatic heterocycles. The van der Waals surface area contributed by atoms with Crippen LogP contribution in [0.1, 0.15) is 15.4 Å². The van der Waals surface area contributed by atoms with Crippen LogP contribution in [0.15, 0.2) is 39.5 Å². The third kappa shape index (κ3) is 2.30. The molecule has 3 N–H and O–H groups in total. The van der Waals surface area contributed by atoms with E-state index in [2.05, 4.69) is 26.4 Å². The van der Waals surface area contributed by atoms with Gasteiger partial charge in [-0.25, -0.2) is 0 Å². The van der Waals surface area contributed by atoms with E-state index in [0.29, 0.717) is 16.3 Å². The first kappa shape index (κ1) is 13.1. The van der Waals surface area contributed by atoms with E-state index in [4.69, 9.17) is 10.3 Å². The first-order valence-corrected chi connectivity index (χ1v) is 7.42. The van der Waals surface area contributed by atoms with Crippen molar-refractivity contribution < 1.29 is 9.32 Å². The summed E-state index contributed by atoms with van der Waals surface area (Å²) in [5.41, 5.74) is 6.57. The monoisotopic (exact) mass is 351 g/mol. The molecular formula is C13H10BrN3O2S. The molecular weight excluding hydrogens is 342 g/mol. The molecule has 3 rings (SSSR count). The summed E-state index contributed by atoms with van der Waals surface area (Å²) in [5, 5.41) is 7.22. The number of nitrogen functional groups attached to an aromatic ring is 1. The minimum Gasteiger partial charge on any atom is -0.397 e. The normalized spacial score (nSPS) is 10.8. The van der Waals surface area contributed by atoms with Crippen molar-refractivity contribution in [2.24, 2.45) is 0 Å². The molecule has 0 spiro atoms. The third-order valence-corrected chi connectivity index (χ3v) is 4.65. The molecule has 0 aliphatic rings. The number of anilines is 1. The zero-order valence-electron chi connectivity index (χ0n) is 10.2. The van der Waals surface area contributed by atoms with Gasteiger partial charge < -0.3 is 15.6 Å². The summed E-state index contributed by atoms with van der Waals surface area (Å²) < 4.78 is 6.79.